The standard InChI is InChI=1S/C14H28O/c1-2-3-4-10-13-15-14-11-8-6-5-7-9-12-14/h14H,2-13H2,1H3. The molecule has 0 spiro atoms. The van der Waals surface area contributed by atoms with Crippen molar-refractivity contribution in [3.05, 3.63) is 0 Å². The van der Waals surface area contributed by atoms with Crippen molar-refractivity contribution < 1.29 is 4.74 Å². The number of ether oxygens (including phenoxy) is 1. The summed E-state index contributed by atoms with van der Waals surface area (Å²) in [5.74, 6) is 0. The first-order chi connectivity index (χ1) is 7.43. The molecule has 0 atom stereocenters. The second-order valence-corrected chi connectivity index (χ2v) is 4.90. The molecule has 1 saturated carbocycles. The van der Waals surface area contributed by atoms with E-state index >= 15 is 0 Å². The summed E-state index contributed by atoms with van der Waals surface area (Å²) in [6, 6.07) is 0. The first-order valence-electron chi connectivity index (χ1n) is 7.05. The quantitative estimate of drug-likeness (QED) is 0.580. The molecule has 15 heavy (non-hydrogen) atoms. The van der Waals surface area contributed by atoms with Gasteiger partial charge in [-0.2, -0.15) is 0 Å². The van der Waals surface area contributed by atoms with Crippen LogP contribution in [0.15, 0.2) is 0 Å². The fourth-order valence-electron chi connectivity index (χ4n) is 2.36. The van der Waals surface area contributed by atoms with Gasteiger partial charge in [0.1, 0.15) is 0 Å². The third-order valence-corrected chi connectivity index (χ3v) is 3.40. The molecule has 1 fully saturated rings. The van der Waals surface area contributed by atoms with E-state index in [1.54, 1.807) is 0 Å². The van der Waals surface area contributed by atoms with Gasteiger partial charge < -0.3 is 4.74 Å². The summed E-state index contributed by atoms with van der Waals surface area (Å²) in [4.78, 5) is 0. The number of hydrogen-bond donors (Lipinski definition) is 0. The predicted octanol–water partition coefficient (Wildman–Crippen LogP) is 4.70. The summed E-state index contributed by atoms with van der Waals surface area (Å²) in [5, 5.41) is 0. The van der Waals surface area contributed by atoms with Crippen LogP contribution in [0.3, 0.4) is 0 Å². The van der Waals surface area contributed by atoms with Crippen molar-refractivity contribution in [1.82, 2.24) is 0 Å². The molecule has 1 aliphatic rings. The molecule has 1 nitrogen and oxygen atoms in total. The Labute approximate surface area is 95.6 Å². The molecular formula is C14H28O. The lowest BCUT2D eigenvalue weighted by Gasteiger charge is -2.20. The Morgan fingerprint density at radius 3 is 2.20 bits per heavy atom. The molecule has 0 heterocycles. The largest absolute Gasteiger partial charge is 0.378 e. The Hall–Kier alpha value is -0.0400. The van der Waals surface area contributed by atoms with E-state index in [2.05, 4.69) is 6.92 Å². The highest BCUT2D eigenvalue weighted by Crippen LogP contribution is 2.19. The van der Waals surface area contributed by atoms with E-state index in [1.165, 1.54) is 70.6 Å². The summed E-state index contributed by atoms with van der Waals surface area (Å²) in [5.41, 5.74) is 0. The molecule has 90 valence electrons. The van der Waals surface area contributed by atoms with Crippen LogP contribution in [0, 0.1) is 0 Å². The van der Waals surface area contributed by atoms with Gasteiger partial charge in [0, 0.05) is 6.61 Å². The molecule has 1 heteroatoms. The summed E-state index contributed by atoms with van der Waals surface area (Å²) in [7, 11) is 0. The fraction of sp³-hybridized carbons (Fsp3) is 1.00. The summed E-state index contributed by atoms with van der Waals surface area (Å²) in [6.07, 6.45) is 15.6. The van der Waals surface area contributed by atoms with Crippen LogP contribution in [0.4, 0.5) is 0 Å². The Balaban J connectivity index is 1.97. The summed E-state index contributed by atoms with van der Waals surface area (Å²) >= 11 is 0. The monoisotopic (exact) mass is 212 g/mol. The van der Waals surface area contributed by atoms with Crippen LogP contribution in [0.2, 0.25) is 0 Å². The molecule has 0 aromatic heterocycles. The van der Waals surface area contributed by atoms with Crippen LogP contribution in [0.5, 0.6) is 0 Å². The van der Waals surface area contributed by atoms with Crippen LogP contribution in [-0.4, -0.2) is 12.7 Å². The minimum absolute atomic E-state index is 0.590. The van der Waals surface area contributed by atoms with Crippen molar-refractivity contribution in [3.8, 4) is 0 Å². The normalized spacial score (nSPS) is 19.8. The van der Waals surface area contributed by atoms with Gasteiger partial charge in [-0.15, -0.1) is 0 Å². The maximum atomic E-state index is 5.97. The Morgan fingerprint density at radius 1 is 0.867 bits per heavy atom. The van der Waals surface area contributed by atoms with Gasteiger partial charge in [-0.05, 0) is 19.3 Å². The highest BCUT2D eigenvalue weighted by molar-refractivity contribution is 4.63. The first kappa shape index (κ1) is 13.0. The molecule has 0 aromatic carbocycles. The van der Waals surface area contributed by atoms with Gasteiger partial charge in [0.05, 0.1) is 6.10 Å². The smallest absolute Gasteiger partial charge is 0.0575 e. The second-order valence-electron chi connectivity index (χ2n) is 4.90. The van der Waals surface area contributed by atoms with E-state index in [9.17, 15) is 0 Å². The van der Waals surface area contributed by atoms with Gasteiger partial charge in [-0.3, -0.25) is 0 Å². The maximum absolute atomic E-state index is 5.97. The van der Waals surface area contributed by atoms with Crippen molar-refractivity contribution in [2.45, 2.75) is 83.7 Å². The van der Waals surface area contributed by atoms with Crippen LogP contribution < -0.4 is 0 Å². The van der Waals surface area contributed by atoms with Crippen molar-refractivity contribution in [2.24, 2.45) is 0 Å². The van der Waals surface area contributed by atoms with Crippen molar-refractivity contribution in [1.29, 1.82) is 0 Å². The van der Waals surface area contributed by atoms with Crippen molar-refractivity contribution in [3.63, 3.8) is 0 Å². The average molecular weight is 212 g/mol. The highest BCUT2D eigenvalue weighted by atomic mass is 16.5. The third-order valence-electron chi connectivity index (χ3n) is 3.40. The lowest BCUT2D eigenvalue weighted by Crippen LogP contribution is -2.15. The number of rotatable bonds is 6. The molecule has 0 radical (unpaired) electrons. The van der Waals surface area contributed by atoms with Gasteiger partial charge in [-0.25, -0.2) is 0 Å². The van der Waals surface area contributed by atoms with Crippen LogP contribution in [0.25, 0.3) is 0 Å². The van der Waals surface area contributed by atoms with Crippen LogP contribution in [-0.2, 0) is 4.74 Å². The van der Waals surface area contributed by atoms with Crippen LogP contribution >= 0.6 is 0 Å². The number of hydrogen-bond acceptors (Lipinski definition) is 1. The Morgan fingerprint density at radius 2 is 1.53 bits per heavy atom. The molecule has 1 aliphatic carbocycles. The van der Waals surface area contributed by atoms with E-state index in [1.807, 2.05) is 0 Å². The van der Waals surface area contributed by atoms with Crippen molar-refractivity contribution in [2.75, 3.05) is 6.61 Å². The SMILES string of the molecule is CCCCCCOC1CCCCCCC1. The molecule has 0 amide bonds. The van der Waals surface area contributed by atoms with Gasteiger partial charge in [0.25, 0.3) is 0 Å². The maximum Gasteiger partial charge on any atom is 0.0575 e. The molecular weight excluding hydrogens is 184 g/mol. The van der Waals surface area contributed by atoms with Gasteiger partial charge >= 0.3 is 0 Å². The zero-order valence-corrected chi connectivity index (χ0v) is 10.5. The van der Waals surface area contributed by atoms with Crippen LogP contribution in [0.1, 0.15) is 77.6 Å². The van der Waals surface area contributed by atoms with Gasteiger partial charge in [-0.1, -0.05) is 58.3 Å². The summed E-state index contributed by atoms with van der Waals surface area (Å²) < 4.78 is 5.97. The van der Waals surface area contributed by atoms with Crippen molar-refractivity contribution >= 4 is 0 Å². The molecule has 1 rings (SSSR count). The molecule has 0 aromatic rings. The molecule has 0 bridgehead atoms. The second kappa shape index (κ2) is 9.21. The van der Waals surface area contributed by atoms with E-state index in [-0.39, 0.29) is 0 Å². The van der Waals surface area contributed by atoms with E-state index in [0.29, 0.717) is 6.10 Å². The Kier molecular flexibility index (Phi) is 7.99. The third kappa shape index (κ3) is 6.94. The Bertz CT molecular complexity index is 125. The lowest BCUT2D eigenvalue weighted by atomic mass is 9.98. The fourth-order valence-corrected chi connectivity index (χ4v) is 2.36. The van der Waals surface area contributed by atoms with E-state index in [4.69, 9.17) is 4.74 Å². The average Bonchev–Trinajstić information content (AvgIpc) is 2.20. The van der Waals surface area contributed by atoms with Gasteiger partial charge in [0.2, 0.25) is 0 Å². The zero-order chi connectivity index (χ0) is 10.8. The molecule has 0 N–H and O–H groups in total. The minimum atomic E-state index is 0.590. The summed E-state index contributed by atoms with van der Waals surface area (Å²) in [6.45, 7) is 3.26. The highest BCUT2D eigenvalue weighted by Gasteiger charge is 2.10. The topological polar surface area (TPSA) is 9.23 Å². The molecule has 0 unspecified atom stereocenters. The number of unbranched alkanes of at least 4 members (excludes halogenated alkanes) is 3. The van der Waals surface area contributed by atoms with Gasteiger partial charge in [0.15, 0.2) is 0 Å². The zero-order valence-electron chi connectivity index (χ0n) is 10.5. The predicted molar refractivity (Wildman–Crippen MR) is 66.2 cm³/mol. The molecule has 0 saturated heterocycles. The van der Waals surface area contributed by atoms with E-state index in [0.717, 1.165) is 6.61 Å². The molecule has 0 aliphatic heterocycles. The lowest BCUT2D eigenvalue weighted by molar-refractivity contribution is 0.0332. The van der Waals surface area contributed by atoms with E-state index < -0.39 is 0 Å². The first-order valence-corrected chi connectivity index (χ1v) is 7.05. The minimum Gasteiger partial charge on any atom is -0.378 e.